The van der Waals surface area contributed by atoms with Crippen molar-refractivity contribution in [3.63, 3.8) is 0 Å². The highest BCUT2D eigenvalue weighted by Crippen LogP contribution is 2.21. The van der Waals surface area contributed by atoms with Crippen LogP contribution in [0.4, 0.5) is 11.4 Å². The summed E-state index contributed by atoms with van der Waals surface area (Å²) in [6.45, 7) is 1.85. The summed E-state index contributed by atoms with van der Waals surface area (Å²) in [4.78, 5) is 29.1. The van der Waals surface area contributed by atoms with E-state index in [4.69, 9.17) is 16.3 Å². The minimum atomic E-state index is -0.425. The summed E-state index contributed by atoms with van der Waals surface area (Å²) in [5.74, 6) is -0.147. The van der Waals surface area contributed by atoms with E-state index in [0.717, 1.165) is 5.56 Å². The molecule has 142 valence electrons. The van der Waals surface area contributed by atoms with Crippen molar-refractivity contribution in [1.82, 2.24) is 4.98 Å². The highest BCUT2D eigenvalue weighted by atomic mass is 35.5. The fourth-order valence-electron chi connectivity index (χ4n) is 2.55. The summed E-state index contributed by atoms with van der Waals surface area (Å²) < 4.78 is 5.14. The number of methoxy groups -OCH3 is 1. The number of anilines is 2. The molecule has 0 aliphatic heterocycles. The quantitative estimate of drug-likeness (QED) is 0.663. The van der Waals surface area contributed by atoms with Gasteiger partial charge in [0.15, 0.2) is 0 Å². The van der Waals surface area contributed by atoms with Crippen molar-refractivity contribution in [2.75, 3.05) is 17.7 Å². The minimum absolute atomic E-state index is 0.128. The Bertz CT molecular complexity index is 1040. The van der Waals surface area contributed by atoms with Gasteiger partial charge in [0.05, 0.1) is 7.11 Å². The fourth-order valence-corrected chi connectivity index (χ4v) is 2.78. The molecule has 0 aliphatic rings. The summed E-state index contributed by atoms with van der Waals surface area (Å²) in [6.07, 6.45) is 1.42. The van der Waals surface area contributed by atoms with Crippen molar-refractivity contribution >= 4 is 34.8 Å². The van der Waals surface area contributed by atoms with Crippen LogP contribution in [0.1, 0.15) is 26.4 Å². The SMILES string of the molecule is COc1cccc(NC(=O)c2cc(C(=O)Nc3ccc(Cl)cc3C)ccn2)c1. The maximum atomic E-state index is 12.5. The maximum absolute atomic E-state index is 12.5. The molecule has 0 radical (unpaired) electrons. The van der Waals surface area contributed by atoms with Crippen LogP contribution in [-0.2, 0) is 0 Å². The van der Waals surface area contributed by atoms with E-state index in [9.17, 15) is 9.59 Å². The first kappa shape index (κ1) is 19.4. The first-order valence-electron chi connectivity index (χ1n) is 8.45. The van der Waals surface area contributed by atoms with E-state index in [-0.39, 0.29) is 11.6 Å². The number of hydrogen-bond acceptors (Lipinski definition) is 4. The van der Waals surface area contributed by atoms with Gasteiger partial charge in [-0.25, -0.2) is 0 Å². The van der Waals surface area contributed by atoms with Gasteiger partial charge in [0.25, 0.3) is 11.8 Å². The standard InChI is InChI=1S/C21H18ClN3O3/c1-13-10-15(22)6-7-18(13)25-20(26)14-8-9-23-19(11-14)21(27)24-16-4-3-5-17(12-16)28-2/h3-12H,1-2H3,(H,24,27)(H,25,26). The smallest absolute Gasteiger partial charge is 0.274 e. The number of rotatable bonds is 5. The Morgan fingerprint density at radius 2 is 1.82 bits per heavy atom. The van der Waals surface area contributed by atoms with Gasteiger partial charge in [-0.2, -0.15) is 0 Å². The minimum Gasteiger partial charge on any atom is -0.497 e. The van der Waals surface area contributed by atoms with E-state index in [0.29, 0.717) is 27.7 Å². The normalized spacial score (nSPS) is 10.2. The number of amides is 2. The van der Waals surface area contributed by atoms with Gasteiger partial charge in [0.1, 0.15) is 11.4 Å². The molecule has 3 rings (SSSR count). The van der Waals surface area contributed by atoms with Crippen molar-refractivity contribution in [1.29, 1.82) is 0 Å². The van der Waals surface area contributed by atoms with Crippen molar-refractivity contribution in [2.24, 2.45) is 0 Å². The van der Waals surface area contributed by atoms with Crippen LogP contribution in [-0.4, -0.2) is 23.9 Å². The summed E-state index contributed by atoms with van der Waals surface area (Å²) in [6, 6.07) is 15.1. The Kier molecular flexibility index (Phi) is 5.91. The van der Waals surface area contributed by atoms with Crippen LogP contribution in [0, 0.1) is 6.92 Å². The first-order chi connectivity index (χ1) is 13.5. The van der Waals surface area contributed by atoms with Crippen LogP contribution < -0.4 is 15.4 Å². The average molecular weight is 396 g/mol. The van der Waals surface area contributed by atoms with Gasteiger partial charge >= 0.3 is 0 Å². The van der Waals surface area contributed by atoms with Gasteiger partial charge in [-0.15, -0.1) is 0 Å². The third kappa shape index (κ3) is 4.66. The largest absolute Gasteiger partial charge is 0.497 e. The Hall–Kier alpha value is -3.38. The van der Waals surface area contributed by atoms with Crippen LogP contribution in [0.15, 0.2) is 60.8 Å². The third-order valence-electron chi connectivity index (χ3n) is 4.02. The van der Waals surface area contributed by atoms with Gasteiger partial charge in [0.2, 0.25) is 0 Å². The number of benzene rings is 2. The van der Waals surface area contributed by atoms with Gasteiger partial charge in [0, 0.05) is 34.2 Å². The van der Waals surface area contributed by atoms with E-state index in [1.165, 1.54) is 12.3 Å². The molecule has 0 bridgehead atoms. The lowest BCUT2D eigenvalue weighted by atomic mass is 10.1. The van der Waals surface area contributed by atoms with Gasteiger partial charge in [-0.05, 0) is 55.0 Å². The number of aromatic nitrogens is 1. The average Bonchev–Trinajstić information content (AvgIpc) is 2.70. The predicted molar refractivity (Wildman–Crippen MR) is 109 cm³/mol. The fraction of sp³-hybridized carbons (Fsp3) is 0.0952. The van der Waals surface area contributed by atoms with E-state index < -0.39 is 5.91 Å². The second-order valence-electron chi connectivity index (χ2n) is 6.03. The predicted octanol–water partition coefficient (Wildman–Crippen LogP) is 4.56. The zero-order chi connectivity index (χ0) is 20.1. The lowest BCUT2D eigenvalue weighted by Gasteiger charge is -2.10. The molecule has 2 aromatic carbocycles. The summed E-state index contributed by atoms with van der Waals surface area (Å²) in [5.41, 5.74) is 2.50. The molecule has 6 nitrogen and oxygen atoms in total. The molecular weight excluding hydrogens is 378 g/mol. The van der Waals surface area contributed by atoms with Crippen LogP contribution >= 0.6 is 11.6 Å². The molecular formula is C21H18ClN3O3. The highest BCUT2D eigenvalue weighted by molar-refractivity contribution is 6.30. The van der Waals surface area contributed by atoms with Gasteiger partial charge in [-0.3, -0.25) is 14.6 Å². The Labute approximate surface area is 167 Å². The van der Waals surface area contributed by atoms with E-state index >= 15 is 0 Å². The zero-order valence-corrected chi connectivity index (χ0v) is 16.1. The summed E-state index contributed by atoms with van der Waals surface area (Å²) in [5, 5.41) is 6.14. The van der Waals surface area contributed by atoms with Crippen molar-refractivity contribution in [3.05, 3.63) is 82.6 Å². The Balaban J connectivity index is 1.75. The number of halogens is 1. The molecule has 2 N–H and O–H groups in total. The molecule has 0 atom stereocenters. The second kappa shape index (κ2) is 8.54. The number of aryl methyl sites for hydroxylation is 1. The van der Waals surface area contributed by atoms with E-state index in [1.807, 2.05) is 6.92 Å². The second-order valence-corrected chi connectivity index (χ2v) is 6.47. The highest BCUT2D eigenvalue weighted by Gasteiger charge is 2.13. The first-order valence-corrected chi connectivity index (χ1v) is 8.83. The number of carbonyl (C=O) groups is 2. The molecule has 1 aromatic heterocycles. The number of hydrogen-bond donors (Lipinski definition) is 2. The third-order valence-corrected chi connectivity index (χ3v) is 4.25. The number of nitrogens with one attached hydrogen (secondary N) is 2. The van der Waals surface area contributed by atoms with Crippen molar-refractivity contribution in [2.45, 2.75) is 6.92 Å². The van der Waals surface area contributed by atoms with Crippen LogP contribution in [0.3, 0.4) is 0 Å². The molecule has 0 saturated carbocycles. The number of ether oxygens (including phenoxy) is 1. The van der Waals surface area contributed by atoms with E-state index in [2.05, 4.69) is 15.6 Å². The molecule has 7 heteroatoms. The number of pyridine rings is 1. The number of carbonyl (C=O) groups excluding carboxylic acids is 2. The summed E-state index contributed by atoms with van der Waals surface area (Å²) >= 11 is 5.94. The van der Waals surface area contributed by atoms with Gasteiger partial charge < -0.3 is 15.4 Å². The van der Waals surface area contributed by atoms with Crippen LogP contribution in [0.5, 0.6) is 5.75 Å². The monoisotopic (exact) mass is 395 g/mol. The Morgan fingerprint density at radius 3 is 2.57 bits per heavy atom. The molecule has 2 amide bonds. The maximum Gasteiger partial charge on any atom is 0.274 e. The van der Waals surface area contributed by atoms with Crippen LogP contribution in [0.25, 0.3) is 0 Å². The topological polar surface area (TPSA) is 80.3 Å². The summed E-state index contributed by atoms with van der Waals surface area (Å²) in [7, 11) is 1.55. The molecule has 3 aromatic rings. The molecule has 1 heterocycles. The van der Waals surface area contributed by atoms with Crippen molar-refractivity contribution < 1.29 is 14.3 Å². The molecule has 0 saturated heterocycles. The Morgan fingerprint density at radius 1 is 1.00 bits per heavy atom. The lowest BCUT2D eigenvalue weighted by molar-refractivity contribution is 0.102. The molecule has 28 heavy (non-hydrogen) atoms. The molecule has 0 aliphatic carbocycles. The van der Waals surface area contributed by atoms with Crippen LogP contribution in [0.2, 0.25) is 5.02 Å². The van der Waals surface area contributed by atoms with Crippen molar-refractivity contribution in [3.8, 4) is 5.75 Å². The molecule has 0 fully saturated rings. The zero-order valence-electron chi connectivity index (χ0n) is 15.3. The molecule has 0 spiro atoms. The van der Waals surface area contributed by atoms with Gasteiger partial charge in [-0.1, -0.05) is 17.7 Å². The number of nitrogens with zero attached hydrogens (tertiary/aromatic N) is 1. The molecule has 0 unspecified atom stereocenters. The lowest BCUT2D eigenvalue weighted by Crippen LogP contribution is -2.17. The van der Waals surface area contributed by atoms with E-state index in [1.54, 1.807) is 55.6 Å².